The number of aromatic nitrogens is 2. The molecule has 2 aromatic rings. The molecule has 1 N–H and O–H groups in total. The van der Waals surface area contributed by atoms with E-state index in [1.807, 2.05) is 48.1 Å². The van der Waals surface area contributed by atoms with Crippen molar-refractivity contribution in [3.05, 3.63) is 53.9 Å². The molecule has 0 amide bonds. The van der Waals surface area contributed by atoms with Crippen LogP contribution in [0.5, 0.6) is 0 Å². The lowest BCUT2D eigenvalue weighted by Gasteiger charge is -2.27. The highest BCUT2D eigenvalue weighted by molar-refractivity contribution is 5.25. The molecule has 0 radical (unpaired) electrons. The minimum Gasteiger partial charge on any atom is -0.382 e. The summed E-state index contributed by atoms with van der Waals surface area (Å²) in [5, 5.41) is 15.1. The van der Waals surface area contributed by atoms with Crippen molar-refractivity contribution in [1.82, 2.24) is 9.78 Å². The zero-order valence-corrected chi connectivity index (χ0v) is 11.4. The van der Waals surface area contributed by atoms with Gasteiger partial charge < -0.3 is 9.84 Å². The predicted octanol–water partition coefficient (Wildman–Crippen LogP) is 1.98. The molecule has 0 aliphatic rings. The number of hydrogen-bond donors (Lipinski definition) is 1. The summed E-state index contributed by atoms with van der Waals surface area (Å²) in [4.78, 5) is 0. The van der Waals surface area contributed by atoms with Gasteiger partial charge in [-0.1, -0.05) is 30.3 Å². The first-order valence-corrected chi connectivity index (χ1v) is 6.46. The van der Waals surface area contributed by atoms with E-state index < -0.39 is 5.60 Å². The average molecular weight is 260 g/mol. The first-order valence-electron chi connectivity index (χ1n) is 6.46. The highest BCUT2D eigenvalue weighted by Gasteiger charge is 2.30. The zero-order valence-electron chi connectivity index (χ0n) is 11.4. The second kappa shape index (κ2) is 5.99. The second-order valence-electron chi connectivity index (χ2n) is 4.71. The van der Waals surface area contributed by atoms with Crippen LogP contribution in [0, 0.1) is 0 Å². The minimum atomic E-state index is -1.02. The third kappa shape index (κ3) is 3.22. The Labute approximate surface area is 113 Å². The van der Waals surface area contributed by atoms with Gasteiger partial charge in [0.1, 0.15) is 5.60 Å². The Bertz CT molecular complexity index is 510. The fraction of sp³-hybridized carbons (Fsp3) is 0.400. The molecule has 19 heavy (non-hydrogen) atoms. The number of aliphatic hydroxyl groups is 1. The summed E-state index contributed by atoms with van der Waals surface area (Å²) in [5.41, 5.74) is 0.851. The normalized spacial score (nSPS) is 14.3. The monoisotopic (exact) mass is 260 g/mol. The van der Waals surface area contributed by atoms with Gasteiger partial charge in [-0.3, -0.25) is 4.68 Å². The van der Waals surface area contributed by atoms with Crippen LogP contribution in [0.1, 0.15) is 18.1 Å². The summed E-state index contributed by atoms with van der Waals surface area (Å²) in [5.74, 6) is 0. The number of rotatable bonds is 6. The van der Waals surface area contributed by atoms with E-state index in [1.165, 1.54) is 0 Å². The highest BCUT2D eigenvalue weighted by Crippen LogP contribution is 2.26. The van der Waals surface area contributed by atoms with E-state index in [4.69, 9.17) is 4.74 Å². The number of aryl methyl sites for hydroxylation is 1. The lowest BCUT2D eigenvalue weighted by Crippen LogP contribution is -2.33. The lowest BCUT2D eigenvalue weighted by molar-refractivity contribution is -0.0355. The number of hydrogen-bond acceptors (Lipinski definition) is 3. The van der Waals surface area contributed by atoms with E-state index in [1.54, 1.807) is 13.3 Å². The molecule has 1 atom stereocenters. The maximum atomic E-state index is 10.9. The van der Waals surface area contributed by atoms with E-state index in [0.29, 0.717) is 6.42 Å². The Morgan fingerprint density at radius 1 is 1.32 bits per heavy atom. The van der Waals surface area contributed by atoms with Crippen molar-refractivity contribution < 1.29 is 9.84 Å². The van der Waals surface area contributed by atoms with Gasteiger partial charge in [0.15, 0.2) is 0 Å². The summed E-state index contributed by atoms with van der Waals surface area (Å²) in [6, 6.07) is 9.62. The van der Waals surface area contributed by atoms with Gasteiger partial charge in [0.2, 0.25) is 0 Å². The van der Waals surface area contributed by atoms with Gasteiger partial charge in [0.25, 0.3) is 0 Å². The van der Waals surface area contributed by atoms with Gasteiger partial charge >= 0.3 is 0 Å². The second-order valence-corrected chi connectivity index (χ2v) is 4.71. The molecule has 1 aromatic heterocycles. The Kier molecular flexibility index (Phi) is 4.35. The molecule has 1 heterocycles. The van der Waals surface area contributed by atoms with E-state index in [9.17, 15) is 5.11 Å². The van der Waals surface area contributed by atoms with Gasteiger partial charge in [0, 0.05) is 26.3 Å². The molecule has 1 unspecified atom stereocenters. The van der Waals surface area contributed by atoms with E-state index >= 15 is 0 Å². The molecule has 0 saturated carbocycles. The van der Waals surface area contributed by atoms with Gasteiger partial charge in [-0.05, 0) is 18.1 Å². The quantitative estimate of drug-likeness (QED) is 0.864. The maximum Gasteiger partial charge on any atom is 0.117 e. The van der Waals surface area contributed by atoms with Crippen molar-refractivity contribution in [2.24, 2.45) is 0 Å². The number of benzene rings is 1. The van der Waals surface area contributed by atoms with Crippen LogP contribution in [0.2, 0.25) is 0 Å². The van der Waals surface area contributed by atoms with Crippen LogP contribution in [0.25, 0.3) is 0 Å². The third-order valence-corrected chi connectivity index (χ3v) is 3.20. The fourth-order valence-electron chi connectivity index (χ4n) is 2.23. The molecule has 4 nitrogen and oxygen atoms in total. The molecular formula is C15H20N2O2. The predicted molar refractivity (Wildman–Crippen MR) is 73.8 cm³/mol. The third-order valence-electron chi connectivity index (χ3n) is 3.20. The summed E-state index contributed by atoms with van der Waals surface area (Å²) in [7, 11) is 1.60. The van der Waals surface area contributed by atoms with E-state index in [0.717, 1.165) is 17.7 Å². The Morgan fingerprint density at radius 2 is 2.05 bits per heavy atom. The Hall–Kier alpha value is -1.65. The molecule has 4 heteroatoms. The average Bonchev–Trinajstić information content (AvgIpc) is 2.87. The van der Waals surface area contributed by atoms with Crippen molar-refractivity contribution in [3.8, 4) is 0 Å². The molecule has 0 fully saturated rings. The van der Waals surface area contributed by atoms with Crippen LogP contribution in [-0.4, -0.2) is 28.6 Å². The van der Waals surface area contributed by atoms with Crippen LogP contribution >= 0.6 is 0 Å². The maximum absolute atomic E-state index is 10.9. The van der Waals surface area contributed by atoms with Crippen molar-refractivity contribution in [2.75, 3.05) is 13.7 Å². The summed E-state index contributed by atoms with van der Waals surface area (Å²) >= 11 is 0. The molecule has 0 bridgehead atoms. The minimum absolute atomic E-state index is 0.258. The zero-order chi connectivity index (χ0) is 13.7. The van der Waals surface area contributed by atoms with Gasteiger partial charge in [-0.15, -0.1) is 0 Å². The molecule has 0 aliphatic carbocycles. The van der Waals surface area contributed by atoms with Crippen LogP contribution in [-0.2, 0) is 23.3 Å². The van der Waals surface area contributed by atoms with Crippen molar-refractivity contribution in [1.29, 1.82) is 0 Å². The fourth-order valence-corrected chi connectivity index (χ4v) is 2.23. The van der Waals surface area contributed by atoms with Crippen molar-refractivity contribution in [2.45, 2.75) is 25.5 Å². The Morgan fingerprint density at radius 3 is 2.63 bits per heavy atom. The molecule has 102 valence electrons. The van der Waals surface area contributed by atoms with Crippen LogP contribution in [0.4, 0.5) is 0 Å². The summed E-state index contributed by atoms with van der Waals surface area (Å²) in [6.45, 7) is 3.12. The largest absolute Gasteiger partial charge is 0.382 e. The molecule has 0 saturated heterocycles. The molecule has 0 spiro atoms. The number of methoxy groups -OCH3 is 1. The number of nitrogens with zero attached hydrogens (tertiary/aromatic N) is 2. The van der Waals surface area contributed by atoms with E-state index in [2.05, 4.69) is 5.10 Å². The van der Waals surface area contributed by atoms with Gasteiger partial charge in [-0.2, -0.15) is 5.10 Å². The highest BCUT2D eigenvalue weighted by atomic mass is 16.5. The van der Waals surface area contributed by atoms with E-state index in [-0.39, 0.29) is 6.61 Å². The molecule has 2 rings (SSSR count). The number of ether oxygens (including phenoxy) is 1. The summed E-state index contributed by atoms with van der Waals surface area (Å²) < 4.78 is 7.04. The van der Waals surface area contributed by atoms with Crippen LogP contribution in [0.3, 0.4) is 0 Å². The van der Waals surface area contributed by atoms with Gasteiger partial charge in [-0.25, -0.2) is 0 Å². The molecular weight excluding hydrogens is 240 g/mol. The Balaban J connectivity index is 2.24. The summed E-state index contributed by atoms with van der Waals surface area (Å²) in [6.07, 6.45) is 4.25. The smallest absolute Gasteiger partial charge is 0.117 e. The van der Waals surface area contributed by atoms with Crippen LogP contribution < -0.4 is 0 Å². The van der Waals surface area contributed by atoms with Crippen LogP contribution in [0.15, 0.2) is 42.7 Å². The van der Waals surface area contributed by atoms with Gasteiger partial charge in [0.05, 0.1) is 12.8 Å². The van der Waals surface area contributed by atoms with Crippen molar-refractivity contribution in [3.63, 3.8) is 0 Å². The molecule has 0 aliphatic heterocycles. The standard InChI is InChI=1S/C15H20N2O2/c1-3-17-11-13(10-16-17)9-15(18,12-19-2)14-7-5-4-6-8-14/h4-8,10-11,18H,3,9,12H2,1-2H3. The first-order chi connectivity index (χ1) is 9.18. The topological polar surface area (TPSA) is 47.3 Å². The molecule has 1 aromatic carbocycles. The van der Waals surface area contributed by atoms with Crippen molar-refractivity contribution >= 4 is 0 Å². The first kappa shape index (κ1) is 13.8. The SMILES string of the molecule is CCn1cc(CC(O)(COC)c2ccccc2)cn1. The lowest BCUT2D eigenvalue weighted by atomic mass is 9.89.